The Kier molecular flexibility index (Phi) is 5.93. The molecule has 32 heavy (non-hydrogen) atoms. The van der Waals surface area contributed by atoms with Crippen LogP contribution in [0.4, 0.5) is 11.4 Å². The molecule has 0 saturated carbocycles. The number of hydrogen-bond acceptors (Lipinski definition) is 7. The Balaban J connectivity index is 1.72. The first-order valence-electron chi connectivity index (χ1n) is 10.0. The number of non-ortho nitro benzene ring substituents is 1. The highest BCUT2D eigenvalue weighted by atomic mass is 16.6. The summed E-state index contributed by atoms with van der Waals surface area (Å²) in [6.45, 7) is 2.04. The minimum absolute atomic E-state index is 0.0211. The average molecular weight is 433 g/mol. The van der Waals surface area contributed by atoms with Gasteiger partial charge in [-0.2, -0.15) is 5.10 Å². The molecule has 0 aromatic heterocycles. The summed E-state index contributed by atoms with van der Waals surface area (Å²) in [4.78, 5) is 10.5. The van der Waals surface area contributed by atoms with Gasteiger partial charge in [-0.15, -0.1) is 0 Å². The molecule has 0 saturated heterocycles. The maximum atomic E-state index is 10.9. The molecule has 1 atom stereocenters. The van der Waals surface area contributed by atoms with Crippen molar-refractivity contribution < 1.29 is 19.1 Å². The van der Waals surface area contributed by atoms with E-state index >= 15 is 0 Å². The molecule has 3 aromatic carbocycles. The fourth-order valence-corrected chi connectivity index (χ4v) is 3.55. The zero-order valence-corrected chi connectivity index (χ0v) is 18.0. The molecule has 0 spiro atoms. The largest absolute Gasteiger partial charge is 0.496 e. The van der Waals surface area contributed by atoms with E-state index in [9.17, 15) is 10.1 Å². The van der Waals surface area contributed by atoms with E-state index in [2.05, 4.69) is 10.5 Å². The van der Waals surface area contributed by atoms with Crippen LogP contribution in [0.25, 0.3) is 0 Å². The van der Waals surface area contributed by atoms with E-state index in [1.165, 1.54) is 17.7 Å². The Hall–Kier alpha value is -4.07. The number of nitrogens with zero attached hydrogens (tertiary/aromatic N) is 2. The van der Waals surface area contributed by atoms with E-state index in [-0.39, 0.29) is 11.8 Å². The van der Waals surface area contributed by atoms with Crippen molar-refractivity contribution in [2.45, 2.75) is 19.4 Å². The predicted octanol–water partition coefficient (Wildman–Crippen LogP) is 5.26. The van der Waals surface area contributed by atoms with Crippen molar-refractivity contribution in [2.75, 3.05) is 19.6 Å². The number of nitro benzene ring substituents is 1. The second kappa shape index (κ2) is 8.97. The van der Waals surface area contributed by atoms with Crippen molar-refractivity contribution in [3.8, 4) is 17.2 Å². The van der Waals surface area contributed by atoms with Crippen molar-refractivity contribution in [1.82, 2.24) is 0 Å². The number of benzene rings is 3. The van der Waals surface area contributed by atoms with Gasteiger partial charge in [0.15, 0.2) is 0 Å². The maximum Gasteiger partial charge on any atom is 0.269 e. The summed E-state index contributed by atoms with van der Waals surface area (Å²) in [7, 11) is 3.18. The number of hydrazone groups is 1. The first-order valence-corrected chi connectivity index (χ1v) is 10.0. The van der Waals surface area contributed by atoms with Crippen LogP contribution in [-0.2, 0) is 0 Å². The highest BCUT2D eigenvalue weighted by Gasteiger charge is 2.30. The van der Waals surface area contributed by atoms with Gasteiger partial charge in [-0.1, -0.05) is 29.8 Å². The second-order valence-corrected chi connectivity index (χ2v) is 7.40. The minimum atomic E-state index is -0.436. The molecular weight excluding hydrogens is 410 g/mol. The smallest absolute Gasteiger partial charge is 0.269 e. The zero-order valence-electron chi connectivity index (χ0n) is 18.0. The standard InChI is InChI=1S/C24H23N3O5/c1-15-4-6-16(7-5-15)21-14-20(26-25-17-8-10-18(11-9-17)27(28)29)24-22(31-3)12-19(30-2)13-23(24)32-21/h4-13,21,25H,14H2,1-3H3. The van der Waals surface area contributed by atoms with Crippen LogP contribution in [0.2, 0.25) is 0 Å². The highest BCUT2D eigenvalue weighted by Crippen LogP contribution is 2.42. The zero-order chi connectivity index (χ0) is 22.7. The van der Waals surface area contributed by atoms with Gasteiger partial charge >= 0.3 is 0 Å². The van der Waals surface area contributed by atoms with Gasteiger partial charge in [-0.25, -0.2) is 0 Å². The molecule has 0 bridgehead atoms. The van der Waals surface area contributed by atoms with E-state index < -0.39 is 4.92 Å². The number of aryl methyl sites for hydroxylation is 1. The summed E-state index contributed by atoms with van der Waals surface area (Å²) in [6.07, 6.45) is 0.274. The number of nitro groups is 1. The maximum absolute atomic E-state index is 10.9. The summed E-state index contributed by atoms with van der Waals surface area (Å²) in [5.74, 6) is 1.82. The molecule has 1 aliphatic heterocycles. The summed E-state index contributed by atoms with van der Waals surface area (Å²) in [5, 5.41) is 15.5. The van der Waals surface area contributed by atoms with Crippen LogP contribution in [0, 0.1) is 17.0 Å². The van der Waals surface area contributed by atoms with E-state index in [1.54, 1.807) is 32.4 Å². The van der Waals surface area contributed by atoms with Crippen LogP contribution in [0.15, 0.2) is 65.8 Å². The van der Waals surface area contributed by atoms with E-state index in [4.69, 9.17) is 14.2 Å². The number of ether oxygens (including phenoxy) is 3. The van der Waals surface area contributed by atoms with Crippen LogP contribution in [0.1, 0.15) is 29.2 Å². The van der Waals surface area contributed by atoms with Crippen molar-refractivity contribution in [3.63, 3.8) is 0 Å². The molecule has 1 aliphatic rings. The average Bonchev–Trinajstić information content (AvgIpc) is 2.82. The third kappa shape index (κ3) is 4.34. The number of nitrogens with one attached hydrogen (secondary N) is 1. The molecule has 8 heteroatoms. The normalized spacial score (nSPS) is 16.1. The summed E-state index contributed by atoms with van der Waals surface area (Å²) in [5.41, 5.74) is 7.35. The lowest BCUT2D eigenvalue weighted by molar-refractivity contribution is -0.384. The molecule has 4 rings (SSSR count). The number of methoxy groups -OCH3 is 2. The molecule has 0 fully saturated rings. The third-order valence-electron chi connectivity index (χ3n) is 5.28. The molecule has 1 unspecified atom stereocenters. The van der Waals surface area contributed by atoms with Crippen LogP contribution in [0.5, 0.6) is 17.2 Å². The molecule has 0 amide bonds. The number of anilines is 1. The van der Waals surface area contributed by atoms with E-state index in [0.29, 0.717) is 29.4 Å². The van der Waals surface area contributed by atoms with E-state index in [1.807, 2.05) is 37.3 Å². The Morgan fingerprint density at radius 1 is 1.06 bits per heavy atom. The van der Waals surface area contributed by atoms with Crippen LogP contribution < -0.4 is 19.6 Å². The summed E-state index contributed by atoms with van der Waals surface area (Å²) < 4.78 is 17.3. The van der Waals surface area contributed by atoms with Crippen LogP contribution >= 0.6 is 0 Å². The second-order valence-electron chi connectivity index (χ2n) is 7.40. The minimum Gasteiger partial charge on any atom is -0.496 e. The Morgan fingerprint density at radius 3 is 2.41 bits per heavy atom. The summed E-state index contributed by atoms with van der Waals surface area (Å²) in [6, 6.07) is 17.9. The monoisotopic (exact) mass is 433 g/mol. The van der Waals surface area contributed by atoms with Gasteiger partial charge in [0.2, 0.25) is 0 Å². The molecule has 1 heterocycles. The van der Waals surface area contributed by atoms with Crippen molar-refractivity contribution >= 4 is 17.1 Å². The Morgan fingerprint density at radius 2 is 1.78 bits per heavy atom. The fourth-order valence-electron chi connectivity index (χ4n) is 3.55. The SMILES string of the molecule is COc1cc(OC)c2c(c1)OC(c1ccc(C)cc1)CC2=NNc1ccc([N+](=O)[O-])cc1. The molecule has 0 radical (unpaired) electrons. The number of hydrogen-bond donors (Lipinski definition) is 1. The topological polar surface area (TPSA) is 95.2 Å². The molecular formula is C24H23N3O5. The lowest BCUT2D eigenvalue weighted by Gasteiger charge is -2.29. The number of rotatable bonds is 6. The van der Waals surface area contributed by atoms with E-state index in [0.717, 1.165) is 16.8 Å². The van der Waals surface area contributed by atoms with Crippen molar-refractivity contribution in [1.29, 1.82) is 0 Å². The van der Waals surface area contributed by atoms with Gasteiger partial charge < -0.3 is 14.2 Å². The van der Waals surface area contributed by atoms with Gasteiger partial charge in [0, 0.05) is 30.7 Å². The van der Waals surface area contributed by atoms with Crippen molar-refractivity contribution in [3.05, 3.63) is 87.5 Å². The summed E-state index contributed by atoms with van der Waals surface area (Å²) >= 11 is 0. The quantitative estimate of drug-likeness (QED) is 0.421. The third-order valence-corrected chi connectivity index (χ3v) is 5.28. The van der Waals surface area contributed by atoms with Gasteiger partial charge in [-0.05, 0) is 24.6 Å². The predicted molar refractivity (Wildman–Crippen MR) is 122 cm³/mol. The number of fused-ring (bicyclic) bond motifs is 1. The van der Waals surface area contributed by atoms with Crippen LogP contribution in [-0.4, -0.2) is 24.9 Å². The Bertz CT molecular complexity index is 1160. The fraction of sp³-hybridized carbons (Fsp3) is 0.208. The van der Waals surface area contributed by atoms with Crippen LogP contribution in [0.3, 0.4) is 0 Å². The lowest BCUT2D eigenvalue weighted by Crippen LogP contribution is -2.22. The van der Waals surface area contributed by atoms with Crippen molar-refractivity contribution in [2.24, 2.45) is 5.10 Å². The van der Waals surface area contributed by atoms with Gasteiger partial charge in [0.1, 0.15) is 23.4 Å². The molecule has 8 nitrogen and oxygen atoms in total. The molecule has 1 N–H and O–H groups in total. The lowest BCUT2D eigenvalue weighted by atomic mass is 9.94. The van der Waals surface area contributed by atoms with Gasteiger partial charge in [-0.3, -0.25) is 15.5 Å². The van der Waals surface area contributed by atoms with Gasteiger partial charge in [0.25, 0.3) is 5.69 Å². The molecule has 3 aromatic rings. The first-order chi connectivity index (χ1) is 15.5. The molecule has 0 aliphatic carbocycles. The first kappa shape index (κ1) is 21.2. The molecule has 164 valence electrons. The Labute approximate surface area is 185 Å². The van der Waals surface area contributed by atoms with Gasteiger partial charge in [0.05, 0.1) is 36.1 Å². The highest BCUT2D eigenvalue weighted by molar-refractivity contribution is 6.07.